The van der Waals surface area contributed by atoms with E-state index in [9.17, 15) is 0 Å². The smallest absolute Gasteiger partial charge is 0.129 e. The van der Waals surface area contributed by atoms with Crippen LogP contribution in [0.5, 0.6) is 0 Å². The Morgan fingerprint density at radius 2 is 2.06 bits per heavy atom. The number of hydrogen-bond donors (Lipinski definition) is 2. The van der Waals surface area contributed by atoms with Crippen LogP contribution in [0.15, 0.2) is 6.07 Å². The van der Waals surface area contributed by atoms with Gasteiger partial charge < -0.3 is 11.1 Å². The van der Waals surface area contributed by atoms with Gasteiger partial charge in [0.2, 0.25) is 0 Å². The second-order valence-electron chi connectivity index (χ2n) is 4.55. The van der Waals surface area contributed by atoms with Gasteiger partial charge in [0.15, 0.2) is 0 Å². The summed E-state index contributed by atoms with van der Waals surface area (Å²) in [5.41, 5.74) is 6.63. The number of hydrogen-bond acceptors (Lipinski definition) is 4. The summed E-state index contributed by atoms with van der Waals surface area (Å²) >= 11 is 0. The highest BCUT2D eigenvalue weighted by molar-refractivity contribution is 5.35. The summed E-state index contributed by atoms with van der Waals surface area (Å²) in [6, 6.07) is 1.98. The van der Waals surface area contributed by atoms with Gasteiger partial charge in [-0.15, -0.1) is 0 Å². The molecule has 96 valence electrons. The summed E-state index contributed by atoms with van der Waals surface area (Å²) in [7, 11) is 0. The summed E-state index contributed by atoms with van der Waals surface area (Å²) in [5, 5.41) is 3.39. The second kappa shape index (κ2) is 7.22. The zero-order chi connectivity index (χ0) is 12.7. The summed E-state index contributed by atoms with van der Waals surface area (Å²) in [6.45, 7) is 7.82. The van der Waals surface area contributed by atoms with E-state index in [1.165, 1.54) is 12.8 Å². The molecule has 3 N–H and O–H groups in total. The standard InChI is InChI=1S/C13H24N4/c1-4-5-12(6-7-14)9-15-13-8-10(2)16-11(3)17-13/h8,12H,4-7,9,14H2,1-3H3,(H,15,16,17). The molecule has 1 aromatic rings. The van der Waals surface area contributed by atoms with Gasteiger partial charge in [0.1, 0.15) is 11.6 Å². The highest BCUT2D eigenvalue weighted by atomic mass is 15.0. The molecule has 4 heteroatoms. The Morgan fingerprint density at radius 3 is 2.65 bits per heavy atom. The van der Waals surface area contributed by atoms with Gasteiger partial charge in [0.05, 0.1) is 0 Å². The van der Waals surface area contributed by atoms with E-state index in [1.54, 1.807) is 0 Å². The van der Waals surface area contributed by atoms with Crippen molar-refractivity contribution in [2.45, 2.75) is 40.0 Å². The van der Waals surface area contributed by atoms with Gasteiger partial charge in [-0.05, 0) is 39.2 Å². The van der Waals surface area contributed by atoms with Crippen molar-refractivity contribution in [3.8, 4) is 0 Å². The van der Waals surface area contributed by atoms with E-state index < -0.39 is 0 Å². The zero-order valence-electron chi connectivity index (χ0n) is 11.2. The van der Waals surface area contributed by atoms with Crippen molar-refractivity contribution >= 4 is 5.82 Å². The second-order valence-corrected chi connectivity index (χ2v) is 4.55. The molecule has 0 saturated carbocycles. The fourth-order valence-corrected chi connectivity index (χ4v) is 2.05. The summed E-state index contributed by atoms with van der Waals surface area (Å²) < 4.78 is 0. The molecule has 0 aliphatic heterocycles. The van der Waals surface area contributed by atoms with Crippen LogP contribution in [-0.2, 0) is 0 Å². The Hall–Kier alpha value is -1.16. The quantitative estimate of drug-likeness (QED) is 0.762. The average Bonchev–Trinajstić information content (AvgIpc) is 2.25. The van der Waals surface area contributed by atoms with Crippen molar-refractivity contribution in [3.05, 3.63) is 17.6 Å². The average molecular weight is 236 g/mol. The number of anilines is 1. The fraction of sp³-hybridized carbons (Fsp3) is 0.692. The Labute approximate surface area is 104 Å². The molecular weight excluding hydrogens is 212 g/mol. The van der Waals surface area contributed by atoms with Gasteiger partial charge in [0.25, 0.3) is 0 Å². The first-order chi connectivity index (χ1) is 8.15. The van der Waals surface area contributed by atoms with E-state index >= 15 is 0 Å². The van der Waals surface area contributed by atoms with Crippen LogP contribution in [-0.4, -0.2) is 23.1 Å². The van der Waals surface area contributed by atoms with Gasteiger partial charge in [0, 0.05) is 18.3 Å². The van der Waals surface area contributed by atoms with Crippen molar-refractivity contribution < 1.29 is 0 Å². The van der Waals surface area contributed by atoms with E-state index in [0.717, 1.165) is 36.8 Å². The van der Waals surface area contributed by atoms with Crippen molar-refractivity contribution in [1.82, 2.24) is 9.97 Å². The lowest BCUT2D eigenvalue weighted by molar-refractivity contribution is 0.473. The molecule has 17 heavy (non-hydrogen) atoms. The molecule has 1 aromatic heterocycles. The number of aromatic nitrogens is 2. The number of aryl methyl sites for hydroxylation is 2. The highest BCUT2D eigenvalue weighted by Crippen LogP contribution is 2.12. The van der Waals surface area contributed by atoms with Crippen LogP contribution >= 0.6 is 0 Å². The minimum Gasteiger partial charge on any atom is -0.370 e. The maximum atomic E-state index is 5.62. The lowest BCUT2D eigenvalue weighted by Gasteiger charge is -2.16. The Balaban J connectivity index is 2.52. The maximum absolute atomic E-state index is 5.62. The predicted octanol–water partition coefficient (Wildman–Crippen LogP) is 2.27. The van der Waals surface area contributed by atoms with Crippen LogP contribution in [0.25, 0.3) is 0 Å². The Kier molecular flexibility index (Phi) is 5.91. The molecule has 0 amide bonds. The number of nitrogens with zero attached hydrogens (tertiary/aromatic N) is 2. The van der Waals surface area contributed by atoms with Crippen molar-refractivity contribution in [2.24, 2.45) is 11.7 Å². The molecule has 1 rings (SSSR count). The van der Waals surface area contributed by atoms with Gasteiger partial charge in [-0.3, -0.25) is 0 Å². The van der Waals surface area contributed by atoms with Crippen molar-refractivity contribution in [3.63, 3.8) is 0 Å². The summed E-state index contributed by atoms with van der Waals surface area (Å²) in [4.78, 5) is 8.64. The van der Waals surface area contributed by atoms with Crippen LogP contribution in [0.2, 0.25) is 0 Å². The van der Waals surface area contributed by atoms with Crippen LogP contribution in [0.3, 0.4) is 0 Å². The van der Waals surface area contributed by atoms with Gasteiger partial charge in [-0.25, -0.2) is 9.97 Å². The molecule has 0 radical (unpaired) electrons. The molecule has 0 saturated heterocycles. The van der Waals surface area contributed by atoms with Crippen LogP contribution in [0.1, 0.15) is 37.7 Å². The third kappa shape index (κ3) is 5.13. The third-order valence-electron chi connectivity index (χ3n) is 2.81. The molecular formula is C13H24N4. The SMILES string of the molecule is CCCC(CCN)CNc1cc(C)nc(C)n1. The van der Waals surface area contributed by atoms with Crippen molar-refractivity contribution in [2.75, 3.05) is 18.4 Å². The molecule has 4 nitrogen and oxygen atoms in total. The number of nitrogens with one attached hydrogen (secondary N) is 1. The van der Waals surface area contributed by atoms with E-state index in [4.69, 9.17) is 5.73 Å². The number of nitrogens with two attached hydrogens (primary N) is 1. The summed E-state index contributed by atoms with van der Waals surface area (Å²) in [5.74, 6) is 2.38. The van der Waals surface area contributed by atoms with Gasteiger partial charge >= 0.3 is 0 Å². The first-order valence-electron chi connectivity index (χ1n) is 6.42. The first kappa shape index (κ1) is 13.9. The van der Waals surface area contributed by atoms with Crippen LogP contribution in [0, 0.1) is 19.8 Å². The predicted molar refractivity (Wildman–Crippen MR) is 72.1 cm³/mol. The molecule has 0 aliphatic carbocycles. The minimum absolute atomic E-state index is 0.639. The first-order valence-corrected chi connectivity index (χ1v) is 6.42. The fourth-order valence-electron chi connectivity index (χ4n) is 2.05. The monoisotopic (exact) mass is 236 g/mol. The summed E-state index contributed by atoms with van der Waals surface area (Å²) in [6.07, 6.45) is 3.49. The lowest BCUT2D eigenvalue weighted by atomic mass is 10.00. The van der Waals surface area contributed by atoms with Crippen LogP contribution in [0.4, 0.5) is 5.82 Å². The van der Waals surface area contributed by atoms with Gasteiger partial charge in [-0.2, -0.15) is 0 Å². The molecule has 0 spiro atoms. The van der Waals surface area contributed by atoms with Crippen molar-refractivity contribution in [1.29, 1.82) is 0 Å². The van der Waals surface area contributed by atoms with E-state index in [0.29, 0.717) is 5.92 Å². The lowest BCUT2D eigenvalue weighted by Crippen LogP contribution is -2.18. The molecule has 1 atom stereocenters. The zero-order valence-corrected chi connectivity index (χ0v) is 11.2. The van der Waals surface area contributed by atoms with Crippen LogP contribution < -0.4 is 11.1 Å². The molecule has 1 unspecified atom stereocenters. The Bertz CT molecular complexity index is 312. The number of rotatable bonds is 7. The maximum Gasteiger partial charge on any atom is 0.129 e. The highest BCUT2D eigenvalue weighted by Gasteiger charge is 2.07. The van der Waals surface area contributed by atoms with Gasteiger partial charge in [-0.1, -0.05) is 13.3 Å². The molecule has 0 fully saturated rings. The molecule has 0 aromatic carbocycles. The Morgan fingerprint density at radius 1 is 1.29 bits per heavy atom. The largest absolute Gasteiger partial charge is 0.370 e. The topological polar surface area (TPSA) is 63.8 Å². The van der Waals surface area contributed by atoms with E-state index in [2.05, 4.69) is 22.2 Å². The molecule has 1 heterocycles. The normalized spacial score (nSPS) is 12.5. The van der Waals surface area contributed by atoms with E-state index in [-0.39, 0.29) is 0 Å². The molecule has 0 aliphatic rings. The third-order valence-corrected chi connectivity index (χ3v) is 2.81. The molecule has 0 bridgehead atoms. The van der Waals surface area contributed by atoms with E-state index in [1.807, 2.05) is 19.9 Å². The minimum atomic E-state index is 0.639.